The van der Waals surface area contributed by atoms with Crippen molar-refractivity contribution in [3.8, 4) is 0 Å². The van der Waals surface area contributed by atoms with Gasteiger partial charge >= 0.3 is 0 Å². The Bertz CT molecular complexity index is 417. The normalized spacial score (nSPS) is 19.9. The van der Waals surface area contributed by atoms with Crippen LogP contribution in [-0.2, 0) is 9.53 Å². The number of hydrogen-bond acceptors (Lipinski definition) is 3. The number of halogens is 1. The molecule has 1 aromatic rings. The molecule has 2 rings (SSSR count). The monoisotopic (exact) mass is 238 g/mol. The number of anilines is 2. The van der Waals surface area contributed by atoms with Gasteiger partial charge in [0.1, 0.15) is 5.82 Å². The van der Waals surface area contributed by atoms with E-state index in [1.807, 2.05) is 0 Å². The summed E-state index contributed by atoms with van der Waals surface area (Å²) in [7, 11) is 0. The van der Waals surface area contributed by atoms with Crippen LogP contribution in [0.4, 0.5) is 15.8 Å². The molecule has 1 saturated heterocycles. The number of ether oxygens (including phenoxy) is 1. The number of benzene rings is 1. The number of amides is 1. The smallest absolute Gasteiger partial charge is 0.229 e. The Hall–Kier alpha value is -1.62. The third-order valence-corrected chi connectivity index (χ3v) is 2.78. The summed E-state index contributed by atoms with van der Waals surface area (Å²) in [6.07, 6.45) is 1.64. The Kier molecular flexibility index (Phi) is 3.58. The van der Waals surface area contributed by atoms with E-state index in [0.29, 0.717) is 18.9 Å². The number of rotatable bonds is 2. The van der Waals surface area contributed by atoms with Crippen molar-refractivity contribution in [2.24, 2.45) is 5.92 Å². The first-order valence-corrected chi connectivity index (χ1v) is 5.60. The Balaban J connectivity index is 2.02. The Morgan fingerprint density at radius 1 is 1.53 bits per heavy atom. The molecule has 17 heavy (non-hydrogen) atoms. The quantitative estimate of drug-likeness (QED) is 0.772. The number of carbonyl (C=O) groups is 1. The molecule has 0 aliphatic carbocycles. The summed E-state index contributed by atoms with van der Waals surface area (Å²) in [6.45, 7) is 1.10. The summed E-state index contributed by atoms with van der Waals surface area (Å²) in [6, 6.07) is 4.20. The van der Waals surface area contributed by atoms with Crippen molar-refractivity contribution in [3.05, 3.63) is 24.0 Å². The fourth-order valence-corrected chi connectivity index (χ4v) is 1.82. The minimum absolute atomic E-state index is 0.162. The third kappa shape index (κ3) is 2.94. The summed E-state index contributed by atoms with van der Waals surface area (Å²) in [4.78, 5) is 11.8. The van der Waals surface area contributed by atoms with Crippen molar-refractivity contribution in [3.63, 3.8) is 0 Å². The number of nitrogens with two attached hydrogens (primary N) is 1. The maximum atomic E-state index is 13.5. The molecule has 0 aromatic heterocycles. The highest BCUT2D eigenvalue weighted by Gasteiger charge is 2.22. The van der Waals surface area contributed by atoms with Crippen LogP contribution in [0.25, 0.3) is 0 Å². The number of hydrogen-bond donors (Lipinski definition) is 2. The van der Waals surface area contributed by atoms with Crippen LogP contribution in [0.15, 0.2) is 18.2 Å². The number of nitrogens with one attached hydrogen (secondary N) is 1. The second kappa shape index (κ2) is 5.14. The van der Waals surface area contributed by atoms with Crippen molar-refractivity contribution in [2.75, 3.05) is 24.3 Å². The second-order valence-corrected chi connectivity index (χ2v) is 4.14. The largest absolute Gasteiger partial charge is 0.399 e. The molecule has 3 N–H and O–H groups in total. The molecule has 1 heterocycles. The van der Waals surface area contributed by atoms with Gasteiger partial charge in [-0.05, 0) is 31.0 Å². The van der Waals surface area contributed by atoms with Gasteiger partial charge < -0.3 is 15.8 Å². The minimum Gasteiger partial charge on any atom is -0.399 e. The van der Waals surface area contributed by atoms with Crippen LogP contribution in [0.1, 0.15) is 12.8 Å². The minimum atomic E-state index is -0.518. The molecule has 1 unspecified atom stereocenters. The molecule has 1 aliphatic heterocycles. The SMILES string of the molecule is Nc1ccc(NC(=O)C2CCCOC2)c(F)c1. The lowest BCUT2D eigenvalue weighted by molar-refractivity contribution is -0.123. The molecule has 1 atom stereocenters. The lowest BCUT2D eigenvalue weighted by atomic mass is 10.0. The average molecular weight is 238 g/mol. The second-order valence-electron chi connectivity index (χ2n) is 4.14. The van der Waals surface area contributed by atoms with Crippen molar-refractivity contribution in [1.82, 2.24) is 0 Å². The van der Waals surface area contributed by atoms with Crippen LogP contribution in [-0.4, -0.2) is 19.1 Å². The number of carbonyl (C=O) groups excluding carboxylic acids is 1. The predicted molar refractivity (Wildman–Crippen MR) is 63.0 cm³/mol. The first-order valence-electron chi connectivity index (χ1n) is 5.60. The van der Waals surface area contributed by atoms with Gasteiger partial charge in [-0.15, -0.1) is 0 Å². The van der Waals surface area contributed by atoms with Crippen molar-refractivity contribution >= 4 is 17.3 Å². The molecule has 0 spiro atoms. The van der Waals surface area contributed by atoms with Crippen LogP contribution >= 0.6 is 0 Å². The molecule has 1 fully saturated rings. The van der Waals surface area contributed by atoms with Crippen LogP contribution in [0.3, 0.4) is 0 Å². The zero-order valence-corrected chi connectivity index (χ0v) is 9.41. The maximum absolute atomic E-state index is 13.5. The van der Waals surface area contributed by atoms with Gasteiger partial charge in [0.15, 0.2) is 0 Å². The van der Waals surface area contributed by atoms with Crippen molar-refractivity contribution in [1.29, 1.82) is 0 Å². The molecule has 4 nitrogen and oxygen atoms in total. The number of nitrogen functional groups attached to an aromatic ring is 1. The highest BCUT2D eigenvalue weighted by Crippen LogP contribution is 2.20. The summed E-state index contributed by atoms with van der Waals surface area (Å²) in [5.74, 6) is -0.913. The average Bonchev–Trinajstić information content (AvgIpc) is 2.34. The van der Waals surface area contributed by atoms with Gasteiger partial charge in [-0.25, -0.2) is 4.39 Å². The van der Waals surface area contributed by atoms with Gasteiger partial charge in [0.05, 0.1) is 18.2 Å². The molecule has 1 aliphatic rings. The summed E-state index contributed by atoms with van der Waals surface area (Å²) in [5.41, 5.74) is 5.92. The van der Waals surface area contributed by atoms with Crippen LogP contribution < -0.4 is 11.1 Å². The maximum Gasteiger partial charge on any atom is 0.229 e. The molecular weight excluding hydrogens is 223 g/mol. The van der Waals surface area contributed by atoms with E-state index in [2.05, 4.69) is 5.32 Å². The van der Waals surface area contributed by atoms with E-state index in [-0.39, 0.29) is 17.5 Å². The Labute approximate surface area is 98.9 Å². The molecule has 5 heteroatoms. The van der Waals surface area contributed by atoms with E-state index in [1.165, 1.54) is 12.1 Å². The van der Waals surface area contributed by atoms with E-state index < -0.39 is 5.82 Å². The fraction of sp³-hybridized carbons (Fsp3) is 0.417. The zero-order valence-electron chi connectivity index (χ0n) is 9.41. The van der Waals surface area contributed by atoms with Crippen LogP contribution in [0.2, 0.25) is 0 Å². The first-order chi connectivity index (χ1) is 8.16. The molecular formula is C12H15FN2O2. The molecule has 0 bridgehead atoms. The summed E-state index contributed by atoms with van der Waals surface area (Å²) >= 11 is 0. The lowest BCUT2D eigenvalue weighted by Gasteiger charge is -2.21. The van der Waals surface area contributed by atoms with Gasteiger partial charge in [-0.1, -0.05) is 0 Å². The van der Waals surface area contributed by atoms with Crippen molar-refractivity contribution in [2.45, 2.75) is 12.8 Å². The van der Waals surface area contributed by atoms with Crippen LogP contribution in [0, 0.1) is 11.7 Å². The molecule has 92 valence electrons. The van der Waals surface area contributed by atoms with Crippen LogP contribution in [0.5, 0.6) is 0 Å². The standard InChI is InChI=1S/C12H15FN2O2/c13-10-6-9(14)3-4-11(10)15-12(16)8-2-1-5-17-7-8/h3-4,6,8H,1-2,5,7,14H2,(H,15,16). The van der Waals surface area contributed by atoms with E-state index in [9.17, 15) is 9.18 Å². The molecule has 1 aromatic carbocycles. The van der Waals surface area contributed by atoms with Gasteiger partial charge in [0, 0.05) is 12.3 Å². The lowest BCUT2D eigenvalue weighted by Crippen LogP contribution is -2.30. The van der Waals surface area contributed by atoms with Gasteiger partial charge in [0.2, 0.25) is 5.91 Å². The van der Waals surface area contributed by atoms with E-state index in [0.717, 1.165) is 12.8 Å². The first kappa shape index (κ1) is 11.9. The summed E-state index contributed by atoms with van der Waals surface area (Å²) < 4.78 is 18.7. The highest BCUT2D eigenvalue weighted by molar-refractivity contribution is 5.92. The zero-order chi connectivity index (χ0) is 12.3. The van der Waals surface area contributed by atoms with E-state index in [1.54, 1.807) is 6.07 Å². The molecule has 0 saturated carbocycles. The third-order valence-electron chi connectivity index (χ3n) is 2.78. The van der Waals surface area contributed by atoms with Gasteiger partial charge in [-0.3, -0.25) is 4.79 Å². The van der Waals surface area contributed by atoms with E-state index >= 15 is 0 Å². The van der Waals surface area contributed by atoms with Crippen molar-refractivity contribution < 1.29 is 13.9 Å². The highest BCUT2D eigenvalue weighted by atomic mass is 19.1. The van der Waals surface area contributed by atoms with Gasteiger partial charge in [-0.2, -0.15) is 0 Å². The molecule has 1 amide bonds. The van der Waals surface area contributed by atoms with Gasteiger partial charge in [0.25, 0.3) is 0 Å². The Morgan fingerprint density at radius 2 is 2.35 bits per heavy atom. The Morgan fingerprint density at radius 3 is 3.00 bits per heavy atom. The molecule has 0 radical (unpaired) electrons. The summed E-state index contributed by atoms with van der Waals surface area (Å²) in [5, 5.41) is 2.56. The topological polar surface area (TPSA) is 64.3 Å². The van der Waals surface area contributed by atoms with E-state index in [4.69, 9.17) is 10.5 Å². The fourth-order valence-electron chi connectivity index (χ4n) is 1.82. The predicted octanol–water partition coefficient (Wildman–Crippen LogP) is 1.77.